The maximum atomic E-state index is 12.9. The molecule has 164 valence electrons. The van der Waals surface area contributed by atoms with Gasteiger partial charge in [-0.1, -0.05) is 23.2 Å². The Labute approximate surface area is 195 Å². The number of anilines is 1. The molecule has 1 fully saturated rings. The maximum absolute atomic E-state index is 12.9. The van der Waals surface area contributed by atoms with E-state index >= 15 is 0 Å². The van der Waals surface area contributed by atoms with Crippen LogP contribution in [0.25, 0.3) is 0 Å². The summed E-state index contributed by atoms with van der Waals surface area (Å²) in [5.41, 5.74) is 0.410. The van der Waals surface area contributed by atoms with Crippen LogP contribution in [0.5, 0.6) is 11.6 Å². The van der Waals surface area contributed by atoms with Crippen molar-refractivity contribution in [2.24, 2.45) is 0 Å². The van der Waals surface area contributed by atoms with Crippen LogP contribution < -0.4 is 9.64 Å². The van der Waals surface area contributed by atoms with E-state index in [4.69, 9.17) is 33.2 Å². The number of benzene rings is 2. The lowest BCUT2D eigenvalue weighted by Gasteiger charge is -2.34. The number of rotatable bonds is 5. The summed E-state index contributed by atoms with van der Waals surface area (Å²) in [5.74, 6) is 1.21. The first-order valence-corrected chi connectivity index (χ1v) is 11.8. The molecule has 4 rings (SSSR count). The van der Waals surface area contributed by atoms with E-state index in [1.54, 1.807) is 30.5 Å². The largest absolute Gasteiger partial charge is 0.439 e. The molecule has 2 aromatic carbocycles. The molecule has 0 atom stereocenters. The fourth-order valence-electron chi connectivity index (χ4n) is 3.23. The molecule has 2 heterocycles. The highest BCUT2D eigenvalue weighted by molar-refractivity contribution is 7.89. The van der Waals surface area contributed by atoms with Crippen LogP contribution >= 0.6 is 23.2 Å². The second-order valence-electron chi connectivity index (χ2n) is 6.93. The predicted molar refractivity (Wildman–Crippen MR) is 121 cm³/mol. The van der Waals surface area contributed by atoms with E-state index in [9.17, 15) is 8.42 Å². The van der Waals surface area contributed by atoms with Gasteiger partial charge in [0.1, 0.15) is 5.75 Å². The van der Waals surface area contributed by atoms with Gasteiger partial charge in [0.2, 0.25) is 21.9 Å². The Kier molecular flexibility index (Phi) is 6.48. The summed E-state index contributed by atoms with van der Waals surface area (Å²) >= 11 is 12.0. The average Bonchev–Trinajstić information content (AvgIpc) is 2.79. The minimum atomic E-state index is -3.64. The number of hydrogen-bond donors (Lipinski definition) is 0. The van der Waals surface area contributed by atoms with Crippen LogP contribution in [0.4, 0.5) is 5.95 Å². The third-order valence-corrected chi connectivity index (χ3v) is 7.17. The maximum Gasteiger partial charge on any atom is 0.243 e. The summed E-state index contributed by atoms with van der Waals surface area (Å²) in [5, 5.41) is 9.79. The van der Waals surface area contributed by atoms with Gasteiger partial charge in [-0.05, 0) is 42.5 Å². The van der Waals surface area contributed by atoms with Crippen molar-refractivity contribution in [3.63, 3.8) is 0 Å². The van der Waals surface area contributed by atoms with Crippen LogP contribution in [0.3, 0.4) is 0 Å². The van der Waals surface area contributed by atoms with Crippen LogP contribution in [-0.4, -0.2) is 48.9 Å². The number of ether oxygens (including phenoxy) is 1. The molecule has 0 radical (unpaired) electrons. The Morgan fingerprint density at radius 2 is 1.62 bits per heavy atom. The molecule has 0 saturated carbocycles. The summed E-state index contributed by atoms with van der Waals surface area (Å²) < 4.78 is 33.0. The van der Waals surface area contributed by atoms with E-state index in [1.807, 2.05) is 11.0 Å². The molecule has 32 heavy (non-hydrogen) atoms. The van der Waals surface area contributed by atoms with Crippen LogP contribution in [0.1, 0.15) is 5.56 Å². The SMILES string of the molecule is N#Cc1ccc(S(=O)(=O)N2CCN(c3nccc(Oc4cc(Cl)cc(Cl)c4)n3)CC2)cc1. The van der Waals surface area contributed by atoms with Gasteiger partial charge in [0, 0.05) is 48.5 Å². The molecule has 8 nitrogen and oxygen atoms in total. The summed E-state index contributed by atoms with van der Waals surface area (Å²) in [4.78, 5) is 10.8. The average molecular weight is 490 g/mol. The van der Waals surface area contributed by atoms with Crippen molar-refractivity contribution >= 4 is 39.2 Å². The third kappa shape index (κ3) is 4.95. The van der Waals surface area contributed by atoms with Crippen molar-refractivity contribution < 1.29 is 13.2 Å². The van der Waals surface area contributed by atoms with E-state index in [2.05, 4.69) is 9.97 Å². The van der Waals surface area contributed by atoms with Crippen molar-refractivity contribution in [2.45, 2.75) is 4.90 Å². The van der Waals surface area contributed by atoms with Gasteiger partial charge in [-0.2, -0.15) is 14.6 Å². The molecule has 3 aromatic rings. The number of nitrogens with zero attached hydrogens (tertiary/aromatic N) is 5. The summed E-state index contributed by atoms with van der Waals surface area (Å²) in [6.45, 7) is 1.39. The quantitative estimate of drug-likeness (QED) is 0.534. The van der Waals surface area contributed by atoms with Gasteiger partial charge in [0.25, 0.3) is 0 Å². The second kappa shape index (κ2) is 9.30. The van der Waals surface area contributed by atoms with Gasteiger partial charge in [-0.3, -0.25) is 0 Å². The number of hydrogen-bond acceptors (Lipinski definition) is 7. The highest BCUT2D eigenvalue weighted by atomic mass is 35.5. The van der Waals surface area contributed by atoms with Crippen LogP contribution in [-0.2, 0) is 10.0 Å². The number of piperazine rings is 1. The van der Waals surface area contributed by atoms with Crippen molar-refractivity contribution in [1.29, 1.82) is 5.26 Å². The predicted octanol–water partition coefficient (Wildman–Crippen LogP) is 3.96. The van der Waals surface area contributed by atoms with E-state index in [0.717, 1.165) is 0 Å². The van der Waals surface area contributed by atoms with Crippen molar-refractivity contribution in [1.82, 2.24) is 14.3 Å². The minimum Gasteiger partial charge on any atom is -0.439 e. The van der Waals surface area contributed by atoms with E-state index < -0.39 is 10.0 Å². The first-order valence-electron chi connectivity index (χ1n) is 9.57. The van der Waals surface area contributed by atoms with Gasteiger partial charge >= 0.3 is 0 Å². The fourth-order valence-corrected chi connectivity index (χ4v) is 5.16. The molecule has 1 aromatic heterocycles. The molecule has 1 saturated heterocycles. The van der Waals surface area contributed by atoms with Crippen molar-refractivity contribution in [3.8, 4) is 17.7 Å². The van der Waals surface area contributed by atoms with E-state index in [0.29, 0.717) is 46.3 Å². The Morgan fingerprint density at radius 3 is 2.25 bits per heavy atom. The van der Waals surface area contributed by atoms with Crippen LogP contribution in [0.15, 0.2) is 59.6 Å². The van der Waals surface area contributed by atoms with E-state index in [1.165, 1.54) is 28.6 Å². The monoisotopic (exact) mass is 489 g/mol. The Bertz CT molecular complexity index is 1250. The molecular weight excluding hydrogens is 473 g/mol. The zero-order valence-corrected chi connectivity index (χ0v) is 19.0. The van der Waals surface area contributed by atoms with Gasteiger partial charge in [0.15, 0.2) is 0 Å². The zero-order valence-electron chi connectivity index (χ0n) is 16.6. The molecule has 0 aliphatic carbocycles. The minimum absolute atomic E-state index is 0.164. The first-order chi connectivity index (χ1) is 15.3. The van der Waals surface area contributed by atoms with Crippen molar-refractivity contribution in [3.05, 3.63) is 70.3 Å². The summed E-state index contributed by atoms with van der Waals surface area (Å²) in [6.07, 6.45) is 1.57. The summed E-state index contributed by atoms with van der Waals surface area (Å²) in [7, 11) is -3.64. The van der Waals surface area contributed by atoms with Gasteiger partial charge in [-0.15, -0.1) is 0 Å². The molecule has 0 bridgehead atoms. The first kappa shape index (κ1) is 22.3. The fraction of sp³-hybridized carbons (Fsp3) is 0.190. The smallest absolute Gasteiger partial charge is 0.243 e. The topological polar surface area (TPSA) is 99.4 Å². The second-order valence-corrected chi connectivity index (χ2v) is 9.74. The standard InChI is InChI=1S/C21H17Cl2N5O3S/c22-16-11-17(23)13-18(12-16)31-20-5-6-25-21(26-20)27-7-9-28(10-8-27)32(29,30)19-3-1-15(14-24)2-4-19/h1-6,11-13H,7-10H2. The zero-order chi connectivity index (χ0) is 22.7. The molecular formula is C21H17Cl2N5O3S. The van der Waals surface area contributed by atoms with E-state index in [-0.39, 0.29) is 18.0 Å². The molecule has 1 aliphatic heterocycles. The van der Waals surface area contributed by atoms with Crippen LogP contribution in [0.2, 0.25) is 10.0 Å². The third-order valence-electron chi connectivity index (χ3n) is 4.82. The van der Waals surface area contributed by atoms with Gasteiger partial charge in [0.05, 0.1) is 16.5 Å². The highest BCUT2D eigenvalue weighted by Gasteiger charge is 2.29. The molecule has 0 spiro atoms. The summed E-state index contributed by atoms with van der Waals surface area (Å²) in [6, 6.07) is 14.3. The van der Waals surface area contributed by atoms with Gasteiger partial charge < -0.3 is 9.64 Å². The van der Waals surface area contributed by atoms with Crippen molar-refractivity contribution in [2.75, 3.05) is 31.1 Å². The molecule has 0 N–H and O–H groups in total. The van der Waals surface area contributed by atoms with Gasteiger partial charge in [-0.25, -0.2) is 13.4 Å². The lowest BCUT2D eigenvalue weighted by atomic mass is 10.2. The Balaban J connectivity index is 1.44. The molecule has 11 heteroatoms. The molecule has 0 unspecified atom stereocenters. The lowest BCUT2D eigenvalue weighted by Crippen LogP contribution is -2.49. The molecule has 0 amide bonds. The number of nitriles is 1. The Hall–Kier alpha value is -2.90. The van der Waals surface area contributed by atoms with Crippen LogP contribution in [0, 0.1) is 11.3 Å². The molecule has 1 aliphatic rings. The number of halogens is 2. The Morgan fingerprint density at radius 1 is 0.969 bits per heavy atom. The number of sulfonamides is 1. The lowest BCUT2D eigenvalue weighted by molar-refractivity contribution is 0.381. The normalized spacial score (nSPS) is 14.7. The highest BCUT2D eigenvalue weighted by Crippen LogP contribution is 2.28. The number of aromatic nitrogens is 2.